The molecule has 2 nitrogen and oxygen atoms in total. The molecule has 0 spiro atoms. The predicted molar refractivity (Wildman–Crippen MR) is 55.8 cm³/mol. The zero-order valence-electron chi connectivity index (χ0n) is 6.50. The molecular formula is C9H6BrClO2. The standard InChI is InChI=1S/C9H6BrClO2/c10-7-3-6(1-2-9(12)13)4-8(11)5-7/h1-5H,(H,12,13)/b2-1+. The van der Waals surface area contributed by atoms with Crippen molar-refractivity contribution in [3.8, 4) is 0 Å². The Labute approximate surface area is 89.0 Å². The van der Waals surface area contributed by atoms with Crippen LogP contribution < -0.4 is 0 Å². The number of halogens is 2. The Morgan fingerprint density at radius 2 is 2.15 bits per heavy atom. The molecule has 13 heavy (non-hydrogen) atoms. The molecule has 68 valence electrons. The number of carboxylic acid groups (broad SMARTS) is 1. The van der Waals surface area contributed by atoms with Crippen LogP contribution >= 0.6 is 27.5 Å². The highest BCUT2D eigenvalue weighted by molar-refractivity contribution is 9.10. The SMILES string of the molecule is O=C(O)/C=C/c1cc(Cl)cc(Br)c1. The highest BCUT2D eigenvalue weighted by Gasteiger charge is 1.95. The summed E-state index contributed by atoms with van der Waals surface area (Å²) in [6, 6.07) is 5.21. The summed E-state index contributed by atoms with van der Waals surface area (Å²) >= 11 is 9.01. The molecule has 0 aromatic heterocycles. The summed E-state index contributed by atoms with van der Waals surface area (Å²) in [5.41, 5.74) is 0.752. The zero-order chi connectivity index (χ0) is 9.84. The van der Waals surface area contributed by atoms with E-state index >= 15 is 0 Å². The van der Waals surface area contributed by atoms with Crippen molar-refractivity contribution in [2.45, 2.75) is 0 Å². The average molecular weight is 262 g/mol. The number of carboxylic acids is 1. The van der Waals surface area contributed by atoms with E-state index in [9.17, 15) is 4.79 Å². The van der Waals surface area contributed by atoms with E-state index in [1.165, 1.54) is 6.08 Å². The normalized spacial score (nSPS) is 10.6. The van der Waals surface area contributed by atoms with E-state index in [0.717, 1.165) is 16.1 Å². The van der Waals surface area contributed by atoms with Gasteiger partial charge in [0.15, 0.2) is 0 Å². The van der Waals surface area contributed by atoms with Crippen molar-refractivity contribution in [2.75, 3.05) is 0 Å². The minimum absolute atomic E-state index is 0.569. The molecule has 0 saturated heterocycles. The van der Waals surface area contributed by atoms with Crippen LogP contribution in [0.15, 0.2) is 28.7 Å². The first-order chi connectivity index (χ1) is 6.08. The first kappa shape index (κ1) is 10.3. The lowest BCUT2D eigenvalue weighted by Gasteiger charge is -1.96. The Morgan fingerprint density at radius 1 is 1.46 bits per heavy atom. The van der Waals surface area contributed by atoms with E-state index in [4.69, 9.17) is 16.7 Å². The second-order valence-corrected chi connectivity index (χ2v) is 3.73. The van der Waals surface area contributed by atoms with Crippen LogP contribution in [0.1, 0.15) is 5.56 Å². The van der Waals surface area contributed by atoms with E-state index in [-0.39, 0.29) is 0 Å². The summed E-state index contributed by atoms with van der Waals surface area (Å²) < 4.78 is 0.824. The quantitative estimate of drug-likeness (QED) is 0.830. The van der Waals surface area contributed by atoms with Crippen LogP contribution in [0.5, 0.6) is 0 Å². The lowest BCUT2D eigenvalue weighted by atomic mass is 10.2. The van der Waals surface area contributed by atoms with E-state index < -0.39 is 5.97 Å². The van der Waals surface area contributed by atoms with Gasteiger partial charge in [0.25, 0.3) is 0 Å². The molecule has 0 atom stereocenters. The number of aliphatic carboxylic acids is 1. The fraction of sp³-hybridized carbons (Fsp3) is 0. The smallest absolute Gasteiger partial charge is 0.328 e. The van der Waals surface area contributed by atoms with Gasteiger partial charge in [0.05, 0.1) is 0 Å². The molecule has 1 aromatic carbocycles. The molecule has 0 aliphatic carbocycles. The zero-order valence-corrected chi connectivity index (χ0v) is 8.84. The average Bonchev–Trinajstić information content (AvgIpc) is 1.99. The van der Waals surface area contributed by atoms with E-state index in [1.54, 1.807) is 18.2 Å². The summed E-state index contributed by atoms with van der Waals surface area (Å²) in [6.07, 6.45) is 2.55. The summed E-state index contributed by atoms with van der Waals surface area (Å²) in [5.74, 6) is -0.976. The van der Waals surface area contributed by atoms with Gasteiger partial charge in [0.1, 0.15) is 0 Å². The Balaban J connectivity index is 2.95. The van der Waals surface area contributed by atoms with Crippen molar-refractivity contribution < 1.29 is 9.90 Å². The van der Waals surface area contributed by atoms with Gasteiger partial charge in [-0.3, -0.25) is 0 Å². The first-order valence-electron chi connectivity index (χ1n) is 3.45. The predicted octanol–water partition coefficient (Wildman–Crippen LogP) is 3.20. The van der Waals surface area contributed by atoms with Crippen molar-refractivity contribution in [2.24, 2.45) is 0 Å². The third kappa shape index (κ3) is 3.61. The van der Waals surface area contributed by atoms with Crippen molar-refractivity contribution in [3.63, 3.8) is 0 Å². The van der Waals surface area contributed by atoms with Crippen LogP contribution in [0.4, 0.5) is 0 Å². The molecule has 0 unspecified atom stereocenters. The van der Waals surface area contributed by atoms with Crippen LogP contribution in [-0.4, -0.2) is 11.1 Å². The fourth-order valence-corrected chi connectivity index (χ4v) is 1.73. The second-order valence-electron chi connectivity index (χ2n) is 2.37. The molecule has 4 heteroatoms. The van der Waals surface area contributed by atoms with Gasteiger partial charge in [0, 0.05) is 15.6 Å². The summed E-state index contributed by atoms with van der Waals surface area (Å²) in [5, 5.41) is 8.95. The Bertz CT molecular complexity index is 340. The molecule has 0 fully saturated rings. The molecule has 0 aliphatic rings. The Hall–Kier alpha value is -0.800. The summed E-state index contributed by atoms with van der Waals surface area (Å²) in [4.78, 5) is 10.2. The van der Waals surface area contributed by atoms with E-state index in [0.29, 0.717) is 5.02 Å². The molecule has 0 heterocycles. The maximum Gasteiger partial charge on any atom is 0.328 e. The number of rotatable bonds is 2. The number of carbonyl (C=O) groups is 1. The Morgan fingerprint density at radius 3 is 2.69 bits per heavy atom. The lowest BCUT2D eigenvalue weighted by molar-refractivity contribution is -0.131. The van der Waals surface area contributed by atoms with Crippen LogP contribution in [0.25, 0.3) is 6.08 Å². The van der Waals surface area contributed by atoms with Crippen molar-refractivity contribution in [1.29, 1.82) is 0 Å². The molecular weight excluding hydrogens is 255 g/mol. The van der Waals surface area contributed by atoms with Gasteiger partial charge >= 0.3 is 5.97 Å². The molecule has 0 amide bonds. The fourth-order valence-electron chi connectivity index (χ4n) is 0.839. The third-order valence-electron chi connectivity index (χ3n) is 1.30. The number of hydrogen-bond donors (Lipinski definition) is 1. The second kappa shape index (κ2) is 4.44. The molecule has 1 N–H and O–H groups in total. The van der Waals surface area contributed by atoms with E-state index in [2.05, 4.69) is 15.9 Å². The topological polar surface area (TPSA) is 37.3 Å². The Kier molecular flexibility index (Phi) is 3.51. The maximum absolute atomic E-state index is 10.2. The molecule has 1 aromatic rings. The van der Waals surface area contributed by atoms with Crippen LogP contribution in [0, 0.1) is 0 Å². The largest absolute Gasteiger partial charge is 0.478 e. The number of benzene rings is 1. The molecule has 0 saturated carbocycles. The maximum atomic E-state index is 10.2. The van der Waals surface area contributed by atoms with Gasteiger partial charge in [0.2, 0.25) is 0 Å². The highest BCUT2D eigenvalue weighted by atomic mass is 79.9. The summed E-state index contributed by atoms with van der Waals surface area (Å²) in [6.45, 7) is 0. The van der Waals surface area contributed by atoms with Crippen LogP contribution in [0.3, 0.4) is 0 Å². The van der Waals surface area contributed by atoms with Gasteiger partial charge in [-0.1, -0.05) is 27.5 Å². The van der Waals surface area contributed by atoms with Gasteiger partial charge in [-0.05, 0) is 29.8 Å². The molecule has 1 rings (SSSR count). The molecule has 0 aliphatic heterocycles. The number of hydrogen-bond acceptors (Lipinski definition) is 1. The molecule has 0 radical (unpaired) electrons. The van der Waals surface area contributed by atoms with Gasteiger partial charge in [-0.15, -0.1) is 0 Å². The minimum Gasteiger partial charge on any atom is -0.478 e. The van der Waals surface area contributed by atoms with Crippen LogP contribution in [-0.2, 0) is 4.79 Å². The highest BCUT2D eigenvalue weighted by Crippen LogP contribution is 2.20. The van der Waals surface area contributed by atoms with E-state index in [1.807, 2.05) is 0 Å². The molecule has 0 bridgehead atoms. The third-order valence-corrected chi connectivity index (χ3v) is 1.98. The monoisotopic (exact) mass is 260 g/mol. The summed E-state index contributed by atoms with van der Waals surface area (Å²) in [7, 11) is 0. The van der Waals surface area contributed by atoms with Gasteiger partial charge in [-0.2, -0.15) is 0 Å². The van der Waals surface area contributed by atoms with Crippen molar-refractivity contribution in [3.05, 3.63) is 39.3 Å². The minimum atomic E-state index is -0.976. The van der Waals surface area contributed by atoms with Gasteiger partial charge < -0.3 is 5.11 Å². The van der Waals surface area contributed by atoms with Crippen molar-refractivity contribution >= 4 is 39.6 Å². The van der Waals surface area contributed by atoms with Crippen LogP contribution in [0.2, 0.25) is 5.02 Å². The lowest BCUT2D eigenvalue weighted by Crippen LogP contribution is -1.85. The van der Waals surface area contributed by atoms with Crippen molar-refractivity contribution in [1.82, 2.24) is 0 Å². The first-order valence-corrected chi connectivity index (χ1v) is 4.62. The van der Waals surface area contributed by atoms with Gasteiger partial charge in [-0.25, -0.2) is 4.79 Å².